The van der Waals surface area contributed by atoms with Crippen molar-refractivity contribution in [3.63, 3.8) is 0 Å². The molecule has 6 nitrogen and oxygen atoms in total. The van der Waals surface area contributed by atoms with Crippen LogP contribution in [0, 0.1) is 0 Å². The van der Waals surface area contributed by atoms with E-state index >= 15 is 0 Å². The van der Waals surface area contributed by atoms with E-state index in [-0.39, 0.29) is 13.2 Å². The first-order chi connectivity index (χ1) is 26.8. The third kappa shape index (κ3) is 13.2. The molecule has 6 heteroatoms. The zero-order valence-corrected chi connectivity index (χ0v) is 30.7. The minimum atomic E-state index is -0.616. The summed E-state index contributed by atoms with van der Waals surface area (Å²) >= 11 is 0. The van der Waals surface area contributed by atoms with Crippen molar-refractivity contribution in [2.75, 3.05) is 13.2 Å². The Balaban J connectivity index is 1.34. The van der Waals surface area contributed by atoms with Crippen molar-refractivity contribution in [1.82, 2.24) is 0 Å². The molecule has 4 atom stereocenters. The van der Waals surface area contributed by atoms with Crippen LogP contribution in [0.3, 0.4) is 0 Å². The summed E-state index contributed by atoms with van der Waals surface area (Å²) in [6, 6.07) is 61.0. The van der Waals surface area contributed by atoms with E-state index in [4.69, 9.17) is 28.4 Å². The molecule has 0 aromatic heterocycles. The topological polar surface area (TPSA) is 55.4 Å². The van der Waals surface area contributed by atoms with Crippen molar-refractivity contribution in [1.29, 1.82) is 0 Å². The molecule has 0 aliphatic heterocycles. The Bertz CT molecular complexity index is 1690. The molecule has 0 saturated heterocycles. The Labute approximate surface area is 320 Å². The second kappa shape index (κ2) is 22.3. The minimum absolute atomic E-state index is 0.267. The van der Waals surface area contributed by atoms with Gasteiger partial charge in [-0.2, -0.15) is 0 Å². The summed E-state index contributed by atoms with van der Waals surface area (Å²) in [4.78, 5) is 0. The quantitative estimate of drug-likeness (QED) is 0.0657. The fraction of sp³-hybridized carbons (Fsp3) is 0.250. The highest BCUT2D eigenvalue weighted by Crippen LogP contribution is 2.25. The largest absolute Gasteiger partial charge is 0.374 e. The van der Waals surface area contributed by atoms with Crippen LogP contribution in [0.1, 0.15) is 33.4 Å². The average molecular weight is 723 g/mol. The van der Waals surface area contributed by atoms with E-state index in [9.17, 15) is 0 Å². The van der Waals surface area contributed by atoms with E-state index in [2.05, 4.69) is 72.8 Å². The van der Waals surface area contributed by atoms with Gasteiger partial charge in [0.05, 0.1) is 52.9 Å². The summed E-state index contributed by atoms with van der Waals surface area (Å²) in [5.41, 5.74) is 6.35. The second-order valence-corrected chi connectivity index (χ2v) is 13.2. The van der Waals surface area contributed by atoms with Crippen molar-refractivity contribution in [3.05, 3.63) is 215 Å². The molecule has 0 heterocycles. The predicted molar refractivity (Wildman–Crippen MR) is 212 cm³/mol. The summed E-state index contributed by atoms with van der Waals surface area (Å²) in [5.74, 6) is 0. The van der Waals surface area contributed by atoms with Crippen LogP contribution in [0.4, 0.5) is 0 Å². The molecule has 0 unspecified atom stereocenters. The van der Waals surface area contributed by atoms with Gasteiger partial charge < -0.3 is 28.4 Å². The highest BCUT2D eigenvalue weighted by Gasteiger charge is 2.39. The van der Waals surface area contributed by atoms with Crippen LogP contribution < -0.4 is 0 Å². The number of rotatable bonds is 23. The first-order valence-corrected chi connectivity index (χ1v) is 18.7. The van der Waals surface area contributed by atoms with Crippen molar-refractivity contribution in [3.8, 4) is 0 Å². The molecule has 0 spiro atoms. The highest BCUT2D eigenvalue weighted by molar-refractivity contribution is 5.17. The van der Waals surface area contributed by atoms with E-state index in [0.29, 0.717) is 39.6 Å². The molecule has 0 saturated carbocycles. The van der Waals surface area contributed by atoms with Crippen molar-refractivity contribution in [2.24, 2.45) is 0 Å². The van der Waals surface area contributed by atoms with Gasteiger partial charge in [-0.25, -0.2) is 0 Å². The summed E-state index contributed by atoms with van der Waals surface area (Å²) in [6.07, 6.45) is -2.30. The van der Waals surface area contributed by atoms with E-state index in [1.165, 1.54) is 0 Å². The van der Waals surface area contributed by atoms with Crippen LogP contribution in [-0.4, -0.2) is 37.6 Å². The smallest absolute Gasteiger partial charge is 0.115 e. The third-order valence-corrected chi connectivity index (χ3v) is 9.03. The van der Waals surface area contributed by atoms with Crippen LogP contribution in [-0.2, 0) is 68.1 Å². The molecule has 6 rings (SSSR count). The van der Waals surface area contributed by atoms with Crippen molar-refractivity contribution >= 4 is 0 Å². The normalized spacial score (nSPS) is 13.6. The molecule has 54 heavy (non-hydrogen) atoms. The van der Waals surface area contributed by atoms with Crippen molar-refractivity contribution < 1.29 is 28.4 Å². The number of benzene rings is 6. The van der Waals surface area contributed by atoms with Gasteiger partial charge in [0.25, 0.3) is 0 Å². The zero-order chi connectivity index (χ0) is 36.9. The Morgan fingerprint density at radius 1 is 0.259 bits per heavy atom. The summed E-state index contributed by atoms with van der Waals surface area (Å²) in [5, 5.41) is 0. The van der Waals surface area contributed by atoms with Gasteiger partial charge in [0.15, 0.2) is 0 Å². The number of ether oxygens (including phenoxy) is 6. The molecule has 0 aliphatic rings. The van der Waals surface area contributed by atoms with Gasteiger partial charge in [-0.05, 0) is 33.4 Å². The maximum absolute atomic E-state index is 6.96. The van der Waals surface area contributed by atoms with E-state index < -0.39 is 24.4 Å². The summed E-state index contributed by atoms with van der Waals surface area (Å²) in [6.45, 7) is 2.83. The second-order valence-electron chi connectivity index (χ2n) is 13.2. The van der Waals surface area contributed by atoms with E-state index in [0.717, 1.165) is 33.4 Å². The van der Waals surface area contributed by atoms with Gasteiger partial charge in [0, 0.05) is 0 Å². The highest BCUT2D eigenvalue weighted by atomic mass is 16.6. The Morgan fingerprint density at radius 2 is 0.481 bits per heavy atom. The Hall–Kier alpha value is -4.92. The van der Waals surface area contributed by atoms with Gasteiger partial charge >= 0.3 is 0 Å². The molecule has 0 radical (unpaired) electrons. The van der Waals surface area contributed by atoms with Gasteiger partial charge in [0.2, 0.25) is 0 Å². The molecule has 0 amide bonds. The molecule has 278 valence electrons. The van der Waals surface area contributed by atoms with E-state index in [1.54, 1.807) is 0 Å². The van der Waals surface area contributed by atoms with E-state index in [1.807, 2.05) is 109 Å². The molecule has 6 aromatic rings. The van der Waals surface area contributed by atoms with Gasteiger partial charge in [-0.3, -0.25) is 0 Å². The lowest BCUT2D eigenvalue weighted by atomic mass is 10.0. The number of hydrogen-bond donors (Lipinski definition) is 0. The first-order valence-electron chi connectivity index (χ1n) is 18.7. The average Bonchev–Trinajstić information content (AvgIpc) is 3.24. The molecular formula is C48H50O6. The lowest BCUT2D eigenvalue weighted by Gasteiger charge is -2.37. The van der Waals surface area contributed by atoms with Crippen LogP contribution in [0.2, 0.25) is 0 Å². The molecule has 0 aliphatic carbocycles. The maximum atomic E-state index is 6.96. The standard InChI is InChI=1S/C48H50O6/c1-7-19-39(20-8-1)31-49-37-45(51-33-41-23-11-3-12-24-41)47(53-35-43-27-15-5-16-28-43)48(54-36-44-29-17-6-18-30-44)46(52-34-42-25-13-4-14-26-42)38-50-32-40-21-9-2-10-22-40/h1-30,45-48H,31-38H2/t45-,46-,47-,48+/m1/s1. The van der Waals surface area contributed by atoms with Crippen LogP contribution >= 0.6 is 0 Å². The van der Waals surface area contributed by atoms with Gasteiger partial charge in [0.1, 0.15) is 24.4 Å². The number of hydrogen-bond acceptors (Lipinski definition) is 6. The Kier molecular flexibility index (Phi) is 16.0. The molecule has 6 aromatic carbocycles. The van der Waals surface area contributed by atoms with Crippen LogP contribution in [0.25, 0.3) is 0 Å². The van der Waals surface area contributed by atoms with Gasteiger partial charge in [-0.1, -0.05) is 182 Å². The fourth-order valence-corrected chi connectivity index (χ4v) is 6.13. The molecular weight excluding hydrogens is 673 g/mol. The predicted octanol–water partition coefficient (Wildman–Crippen LogP) is 9.76. The Morgan fingerprint density at radius 3 is 0.741 bits per heavy atom. The summed E-state index contributed by atoms with van der Waals surface area (Å²) < 4.78 is 40.4. The molecule has 0 bridgehead atoms. The van der Waals surface area contributed by atoms with Gasteiger partial charge in [-0.15, -0.1) is 0 Å². The third-order valence-electron chi connectivity index (χ3n) is 9.03. The fourth-order valence-electron chi connectivity index (χ4n) is 6.13. The van der Waals surface area contributed by atoms with Crippen LogP contribution in [0.15, 0.2) is 182 Å². The minimum Gasteiger partial charge on any atom is -0.374 e. The lowest BCUT2D eigenvalue weighted by Crippen LogP contribution is -2.52. The summed E-state index contributed by atoms with van der Waals surface area (Å²) in [7, 11) is 0. The SMILES string of the molecule is c1ccc(COC[C@@H](OCc2ccccc2)[C@H](OCc2ccccc2)[C@H](OCc2ccccc2)[C@@H](COCc2ccccc2)OCc2ccccc2)cc1. The lowest BCUT2D eigenvalue weighted by molar-refractivity contribution is -0.208. The first kappa shape index (κ1) is 38.8. The van der Waals surface area contributed by atoms with Crippen LogP contribution in [0.5, 0.6) is 0 Å². The molecule has 0 N–H and O–H groups in total. The maximum Gasteiger partial charge on any atom is 0.115 e. The monoisotopic (exact) mass is 722 g/mol. The molecule has 0 fully saturated rings. The van der Waals surface area contributed by atoms with Crippen molar-refractivity contribution in [2.45, 2.75) is 64.1 Å². The zero-order valence-electron chi connectivity index (χ0n) is 30.7.